The van der Waals surface area contributed by atoms with Crippen molar-refractivity contribution in [3.05, 3.63) is 29.8 Å². The average molecular weight is 209 g/mol. The molecule has 0 saturated heterocycles. The molecule has 0 radical (unpaired) electrons. The van der Waals surface area contributed by atoms with Crippen LogP contribution in [-0.4, -0.2) is 18.3 Å². The number of aliphatic hydroxyl groups is 1. The van der Waals surface area contributed by atoms with E-state index >= 15 is 0 Å². The van der Waals surface area contributed by atoms with Gasteiger partial charge in [-0.25, -0.2) is 0 Å². The number of ether oxygens (including phenoxy) is 1. The molecule has 3 nitrogen and oxygen atoms in total. The van der Waals surface area contributed by atoms with Crippen molar-refractivity contribution in [2.75, 3.05) is 13.2 Å². The van der Waals surface area contributed by atoms with Crippen molar-refractivity contribution in [1.82, 2.24) is 0 Å². The van der Waals surface area contributed by atoms with Gasteiger partial charge in [0, 0.05) is 0 Å². The van der Waals surface area contributed by atoms with Gasteiger partial charge in [0.2, 0.25) is 0 Å². The van der Waals surface area contributed by atoms with E-state index in [-0.39, 0.29) is 0 Å². The molecule has 3 heteroatoms. The molecule has 3 N–H and O–H groups in total. The molecule has 0 saturated carbocycles. The Morgan fingerprint density at radius 1 is 1.33 bits per heavy atom. The number of benzene rings is 1. The van der Waals surface area contributed by atoms with Crippen LogP contribution in [0.3, 0.4) is 0 Å². The highest BCUT2D eigenvalue weighted by molar-refractivity contribution is 5.28. The summed E-state index contributed by atoms with van der Waals surface area (Å²) in [7, 11) is 0. The molecule has 0 bridgehead atoms. The van der Waals surface area contributed by atoms with E-state index in [1.54, 1.807) is 0 Å². The van der Waals surface area contributed by atoms with Gasteiger partial charge in [0.25, 0.3) is 0 Å². The lowest BCUT2D eigenvalue weighted by Gasteiger charge is -2.10. The third-order valence-corrected chi connectivity index (χ3v) is 2.18. The molecule has 0 aliphatic heterocycles. The highest BCUT2D eigenvalue weighted by Gasteiger charge is 2.05. The maximum Gasteiger partial charge on any atom is 0.119 e. The molecule has 0 amide bonds. The molecule has 0 fully saturated rings. The predicted octanol–water partition coefficient (Wildman–Crippen LogP) is 1.86. The van der Waals surface area contributed by atoms with Gasteiger partial charge < -0.3 is 15.6 Å². The fourth-order valence-corrected chi connectivity index (χ4v) is 1.33. The molecule has 0 aliphatic rings. The van der Waals surface area contributed by atoms with Gasteiger partial charge in [-0.2, -0.15) is 0 Å². The lowest BCUT2D eigenvalue weighted by molar-refractivity contribution is 0.170. The Bertz CT molecular complexity index is 271. The summed E-state index contributed by atoms with van der Waals surface area (Å²) in [5.74, 6) is 0.848. The third-order valence-electron chi connectivity index (χ3n) is 2.18. The summed E-state index contributed by atoms with van der Waals surface area (Å²) in [5, 5.41) is 9.67. The van der Waals surface area contributed by atoms with E-state index in [2.05, 4.69) is 6.92 Å². The molecule has 1 unspecified atom stereocenters. The van der Waals surface area contributed by atoms with E-state index in [1.807, 2.05) is 24.3 Å². The van der Waals surface area contributed by atoms with Gasteiger partial charge in [0.15, 0.2) is 0 Å². The summed E-state index contributed by atoms with van der Waals surface area (Å²) in [4.78, 5) is 0. The normalized spacial score (nSPS) is 12.5. The summed E-state index contributed by atoms with van der Waals surface area (Å²) in [6, 6.07) is 7.52. The lowest BCUT2D eigenvalue weighted by Crippen LogP contribution is -2.06. The van der Waals surface area contributed by atoms with Crippen molar-refractivity contribution >= 4 is 0 Å². The third kappa shape index (κ3) is 3.90. The van der Waals surface area contributed by atoms with Gasteiger partial charge in [0.1, 0.15) is 5.75 Å². The largest absolute Gasteiger partial charge is 0.494 e. The second-order valence-corrected chi connectivity index (χ2v) is 3.51. The zero-order valence-electron chi connectivity index (χ0n) is 9.15. The maximum absolute atomic E-state index is 9.67. The smallest absolute Gasteiger partial charge is 0.119 e. The number of hydrogen-bond acceptors (Lipinski definition) is 3. The second-order valence-electron chi connectivity index (χ2n) is 3.51. The van der Waals surface area contributed by atoms with Gasteiger partial charge in [-0.15, -0.1) is 0 Å². The summed E-state index contributed by atoms with van der Waals surface area (Å²) < 4.78 is 5.44. The van der Waals surface area contributed by atoms with Gasteiger partial charge in [-0.1, -0.05) is 19.1 Å². The highest BCUT2D eigenvalue weighted by atomic mass is 16.5. The Hall–Kier alpha value is -1.06. The number of nitrogens with two attached hydrogens (primary N) is 1. The van der Waals surface area contributed by atoms with Crippen molar-refractivity contribution in [1.29, 1.82) is 0 Å². The van der Waals surface area contributed by atoms with Crippen LogP contribution < -0.4 is 10.5 Å². The van der Waals surface area contributed by atoms with Crippen LogP contribution in [-0.2, 0) is 0 Å². The molecule has 84 valence electrons. The van der Waals surface area contributed by atoms with Crippen LogP contribution in [0, 0.1) is 0 Å². The van der Waals surface area contributed by atoms with E-state index in [0.29, 0.717) is 13.0 Å². The molecule has 1 aromatic carbocycles. The SMILES string of the molecule is CCCOc1ccc(C(O)CCN)cc1. The van der Waals surface area contributed by atoms with E-state index in [0.717, 1.165) is 24.3 Å². The highest BCUT2D eigenvalue weighted by Crippen LogP contribution is 2.19. The van der Waals surface area contributed by atoms with E-state index < -0.39 is 6.10 Å². The van der Waals surface area contributed by atoms with Crippen LogP contribution >= 0.6 is 0 Å². The molecule has 0 heterocycles. The molecule has 0 aromatic heterocycles. The molecule has 1 rings (SSSR count). The molecule has 15 heavy (non-hydrogen) atoms. The van der Waals surface area contributed by atoms with Gasteiger partial charge >= 0.3 is 0 Å². The first-order valence-corrected chi connectivity index (χ1v) is 5.38. The topological polar surface area (TPSA) is 55.5 Å². The quantitative estimate of drug-likeness (QED) is 0.752. The van der Waals surface area contributed by atoms with Crippen LogP contribution in [0.15, 0.2) is 24.3 Å². The molecule has 0 aliphatic carbocycles. The number of rotatable bonds is 6. The minimum absolute atomic E-state index is 0.463. The predicted molar refractivity (Wildman–Crippen MR) is 60.9 cm³/mol. The van der Waals surface area contributed by atoms with Gasteiger partial charge in [0.05, 0.1) is 12.7 Å². The van der Waals surface area contributed by atoms with Crippen molar-refractivity contribution in [2.45, 2.75) is 25.9 Å². The fraction of sp³-hybridized carbons (Fsp3) is 0.500. The summed E-state index contributed by atoms with van der Waals surface area (Å²) in [6.45, 7) is 3.29. The van der Waals surface area contributed by atoms with Crippen molar-refractivity contribution in [3.63, 3.8) is 0 Å². The Kier molecular flexibility index (Phi) is 5.15. The molecule has 1 atom stereocenters. The molecule has 1 aromatic rings. The van der Waals surface area contributed by atoms with Crippen LogP contribution in [0.2, 0.25) is 0 Å². The summed E-state index contributed by atoms with van der Waals surface area (Å²) in [6.07, 6.45) is 1.13. The Balaban J connectivity index is 2.55. The van der Waals surface area contributed by atoms with Crippen molar-refractivity contribution < 1.29 is 9.84 Å². The van der Waals surface area contributed by atoms with E-state index in [9.17, 15) is 5.11 Å². The number of aliphatic hydroxyl groups excluding tert-OH is 1. The standard InChI is InChI=1S/C12H19NO2/c1-2-9-15-11-5-3-10(4-6-11)12(14)7-8-13/h3-6,12,14H,2,7-9,13H2,1H3. The maximum atomic E-state index is 9.67. The summed E-state index contributed by atoms with van der Waals surface area (Å²) in [5.41, 5.74) is 6.27. The summed E-state index contributed by atoms with van der Waals surface area (Å²) >= 11 is 0. The van der Waals surface area contributed by atoms with Crippen LogP contribution in [0.1, 0.15) is 31.4 Å². The first-order valence-electron chi connectivity index (χ1n) is 5.38. The monoisotopic (exact) mass is 209 g/mol. The molecule has 0 spiro atoms. The minimum atomic E-state index is -0.463. The zero-order chi connectivity index (χ0) is 11.1. The van der Waals surface area contributed by atoms with Crippen LogP contribution in [0.5, 0.6) is 5.75 Å². The fourth-order valence-electron chi connectivity index (χ4n) is 1.33. The number of hydrogen-bond donors (Lipinski definition) is 2. The van der Waals surface area contributed by atoms with E-state index in [1.165, 1.54) is 0 Å². The van der Waals surface area contributed by atoms with Crippen LogP contribution in [0.25, 0.3) is 0 Å². The zero-order valence-corrected chi connectivity index (χ0v) is 9.15. The van der Waals surface area contributed by atoms with E-state index in [4.69, 9.17) is 10.5 Å². The van der Waals surface area contributed by atoms with Crippen LogP contribution in [0.4, 0.5) is 0 Å². The van der Waals surface area contributed by atoms with Crippen molar-refractivity contribution in [3.8, 4) is 5.75 Å². The molecular weight excluding hydrogens is 190 g/mol. The Morgan fingerprint density at radius 3 is 2.53 bits per heavy atom. The minimum Gasteiger partial charge on any atom is -0.494 e. The van der Waals surface area contributed by atoms with Gasteiger partial charge in [-0.05, 0) is 37.1 Å². The second kappa shape index (κ2) is 6.43. The van der Waals surface area contributed by atoms with Gasteiger partial charge in [-0.3, -0.25) is 0 Å². The molecular formula is C12H19NO2. The first-order chi connectivity index (χ1) is 7.27. The first kappa shape index (κ1) is 12.0. The average Bonchev–Trinajstić information content (AvgIpc) is 2.27. The lowest BCUT2D eigenvalue weighted by atomic mass is 10.1. The van der Waals surface area contributed by atoms with Crippen molar-refractivity contribution in [2.24, 2.45) is 5.73 Å². The Morgan fingerprint density at radius 2 is 2.00 bits per heavy atom. The Labute approximate surface area is 90.9 Å².